The highest BCUT2D eigenvalue weighted by molar-refractivity contribution is 7.92. The number of nitro benzene ring substituents is 1. The predicted octanol–water partition coefficient (Wildman–Crippen LogP) is 3.35. The molecule has 2 aromatic carbocycles. The Bertz CT molecular complexity index is 1130. The van der Waals surface area contributed by atoms with E-state index < -0.39 is 25.0 Å². The van der Waals surface area contributed by atoms with E-state index in [1.54, 1.807) is 0 Å². The second-order valence-electron chi connectivity index (χ2n) is 7.06. The van der Waals surface area contributed by atoms with Crippen molar-refractivity contribution in [3.05, 3.63) is 58.6 Å². The summed E-state index contributed by atoms with van der Waals surface area (Å²) in [6.45, 7) is 2.44. The van der Waals surface area contributed by atoms with Gasteiger partial charge in [-0.3, -0.25) is 14.8 Å². The highest BCUT2D eigenvalue weighted by atomic mass is 32.2. The largest absolute Gasteiger partial charge is 0.280 e. The SMILES string of the molecule is CCC1CCCCN1S(=O)(=O)c1ccc(NS(=O)(=O)c2cccc([N+](=O)[O-])c2)cc1. The van der Waals surface area contributed by atoms with Crippen molar-refractivity contribution in [2.45, 2.75) is 48.4 Å². The molecular weight excluding hydrogens is 430 g/mol. The standard InChI is InChI=1S/C19H23N3O6S2/c1-2-16-6-3-4-13-21(16)30(27,28)18-11-9-15(10-12-18)20-29(25,26)19-8-5-7-17(14-19)22(23)24/h5,7-12,14,16,20H,2-4,6,13H2,1H3. The van der Waals surface area contributed by atoms with Crippen molar-refractivity contribution in [2.24, 2.45) is 0 Å². The predicted molar refractivity (Wildman–Crippen MR) is 112 cm³/mol. The molecular formula is C19H23N3O6S2. The molecule has 3 rings (SSSR count). The fourth-order valence-electron chi connectivity index (χ4n) is 3.51. The minimum Gasteiger partial charge on any atom is -0.280 e. The first-order valence-electron chi connectivity index (χ1n) is 9.54. The molecule has 1 saturated heterocycles. The Morgan fingerprint density at radius 2 is 1.77 bits per heavy atom. The van der Waals surface area contributed by atoms with E-state index >= 15 is 0 Å². The monoisotopic (exact) mass is 453 g/mol. The number of benzene rings is 2. The summed E-state index contributed by atoms with van der Waals surface area (Å²) in [6, 6.07) is 10.1. The van der Waals surface area contributed by atoms with Crippen molar-refractivity contribution >= 4 is 31.4 Å². The van der Waals surface area contributed by atoms with Crippen LogP contribution in [-0.2, 0) is 20.0 Å². The van der Waals surface area contributed by atoms with Gasteiger partial charge >= 0.3 is 0 Å². The molecule has 1 aliphatic heterocycles. The van der Waals surface area contributed by atoms with Gasteiger partial charge in [0.1, 0.15) is 0 Å². The van der Waals surface area contributed by atoms with E-state index in [1.165, 1.54) is 46.8 Å². The molecule has 0 aromatic heterocycles. The maximum atomic E-state index is 13.0. The molecule has 30 heavy (non-hydrogen) atoms. The summed E-state index contributed by atoms with van der Waals surface area (Å²) in [6.07, 6.45) is 3.39. The van der Waals surface area contributed by atoms with Gasteiger partial charge in [-0.05, 0) is 49.6 Å². The Morgan fingerprint density at radius 3 is 2.40 bits per heavy atom. The Hall–Kier alpha value is -2.50. The van der Waals surface area contributed by atoms with Gasteiger partial charge in [0.2, 0.25) is 10.0 Å². The lowest BCUT2D eigenvalue weighted by Gasteiger charge is -2.34. The van der Waals surface area contributed by atoms with E-state index in [9.17, 15) is 26.9 Å². The van der Waals surface area contributed by atoms with Crippen LogP contribution in [0.4, 0.5) is 11.4 Å². The van der Waals surface area contributed by atoms with Crippen LogP contribution < -0.4 is 4.72 Å². The van der Waals surface area contributed by atoms with Gasteiger partial charge in [-0.2, -0.15) is 4.31 Å². The van der Waals surface area contributed by atoms with E-state index in [0.29, 0.717) is 6.54 Å². The number of rotatable bonds is 7. The molecule has 0 aliphatic carbocycles. The number of hydrogen-bond acceptors (Lipinski definition) is 6. The van der Waals surface area contributed by atoms with E-state index in [2.05, 4.69) is 4.72 Å². The Morgan fingerprint density at radius 1 is 1.07 bits per heavy atom. The number of non-ortho nitro benzene ring substituents is 1. The van der Waals surface area contributed by atoms with Crippen LogP contribution >= 0.6 is 0 Å². The van der Waals surface area contributed by atoms with Crippen molar-refractivity contribution in [1.82, 2.24) is 4.31 Å². The molecule has 162 valence electrons. The van der Waals surface area contributed by atoms with E-state index in [1.807, 2.05) is 6.92 Å². The van der Waals surface area contributed by atoms with Gasteiger partial charge in [-0.15, -0.1) is 0 Å². The summed E-state index contributed by atoms with van der Waals surface area (Å²) < 4.78 is 54.9. The second kappa shape index (κ2) is 8.70. The Balaban J connectivity index is 1.82. The lowest BCUT2D eigenvalue weighted by Crippen LogP contribution is -2.43. The lowest BCUT2D eigenvalue weighted by molar-refractivity contribution is -0.385. The second-order valence-corrected chi connectivity index (χ2v) is 10.6. The smallest absolute Gasteiger partial charge is 0.270 e. The average molecular weight is 454 g/mol. The van der Waals surface area contributed by atoms with E-state index in [4.69, 9.17) is 0 Å². The molecule has 1 aliphatic rings. The third-order valence-corrected chi connectivity index (χ3v) is 8.44. The van der Waals surface area contributed by atoms with Gasteiger partial charge in [0, 0.05) is 30.4 Å². The molecule has 11 heteroatoms. The third kappa shape index (κ3) is 4.63. The van der Waals surface area contributed by atoms with E-state index in [0.717, 1.165) is 31.7 Å². The molecule has 0 radical (unpaired) electrons. The molecule has 0 bridgehead atoms. The number of sulfonamides is 2. The minimum absolute atomic E-state index is 0.0317. The summed E-state index contributed by atoms with van der Waals surface area (Å²) in [4.78, 5) is 10.0. The van der Waals surface area contributed by atoms with Gasteiger partial charge in [-0.1, -0.05) is 19.4 Å². The number of nitrogens with zero attached hydrogens (tertiary/aromatic N) is 2. The fourth-order valence-corrected chi connectivity index (χ4v) is 6.37. The number of piperidine rings is 1. The van der Waals surface area contributed by atoms with Crippen LogP contribution in [0.2, 0.25) is 0 Å². The van der Waals surface area contributed by atoms with Crippen LogP contribution in [-0.4, -0.2) is 38.7 Å². The third-order valence-electron chi connectivity index (χ3n) is 5.10. The molecule has 2 aromatic rings. The molecule has 0 amide bonds. The van der Waals surface area contributed by atoms with Crippen molar-refractivity contribution in [3.63, 3.8) is 0 Å². The Labute approximate surface area is 176 Å². The number of nitro groups is 1. The summed E-state index contributed by atoms with van der Waals surface area (Å²) in [7, 11) is -7.74. The zero-order chi connectivity index (χ0) is 21.9. The molecule has 9 nitrogen and oxygen atoms in total. The van der Waals surface area contributed by atoms with Gasteiger partial charge < -0.3 is 0 Å². The van der Waals surface area contributed by atoms with Crippen LogP contribution in [0, 0.1) is 10.1 Å². The lowest BCUT2D eigenvalue weighted by atomic mass is 10.0. The average Bonchev–Trinajstić information content (AvgIpc) is 2.74. The summed E-state index contributed by atoms with van der Waals surface area (Å²) in [5.74, 6) is 0. The molecule has 1 N–H and O–H groups in total. The molecule has 1 atom stereocenters. The van der Waals surface area contributed by atoms with Crippen molar-refractivity contribution < 1.29 is 21.8 Å². The van der Waals surface area contributed by atoms with Crippen LogP contribution in [0.25, 0.3) is 0 Å². The van der Waals surface area contributed by atoms with Gasteiger partial charge in [-0.25, -0.2) is 16.8 Å². The molecule has 1 fully saturated rings. The van der Waals surface area contributed by atoms with Gasteiger partial charge in [0.25, 0.3) is 15.7 Å². The maximum Gasteiger partial charge on any atom is 0.270 e. The summed E-state index contributed by atoms with van der Waals surface area (Å²) in [5.41, 5.74) is -0.183. The first kappa shape index (κ1) is 22.2. The first-order valence-corrected chi connectivity index (χ1v) is 12.5. The highest BCUT2D eigenvalue weighted by Crippen LogP contribution is 2.28. The number of hydrogen-bond donors (Lipinski definition) is 1. The van der Waals surface area contributed by atoms with Crippen molar-refractivity contribution in [2.75, 3.05) is 11.3 Å². The molecule has 1 heterocycles. The fraction of sp³-hybridized carbons (Fsp3) is 0.368. The quantitative estimate of drug-likeness (QED) is 0.506. The van der Waals surface area contributed by atoms with E-state index in [-0.39, 0.29) is 27.2 Å². The first-order chi connectivity index (χ1) is 14.1. The zero-order valence-corrected chi connectivity index (χ0v) is 18.0. The summed E-state index contributed by atoms with van der Waals surface area (Å²) >= 11 is 0. The Kier molecular flexibility index (Phi) is 6.44. The highest BCUT2D eigenvalue weighted by Gasteiger charge is 2.32. The topological polar surface area (TPSA) is 127 Å². The van der Waals surface area contributed by atoms with Crippen LogP contribution in [0.1, 0.15) is 32.6 Å². The molecule has 1 unspecified atom stereocenters. The summed E-state index contributed by atoms with van der Waals surface area (Å²) in [5, 5.41) is 10.9. The number of nitrogens with one attached hydrogen (secondary N) is 1. The zero-order valence-electron chi connectivity index (χ0n) is 16.4. The van der Waals surface area contributed by atoms with Gasteiger partial charge in [0.05, 0.1) is 14.7 Å². The molecule has 0 spiro atoms. The normalized spacial score (nSPS) is 18.1. The molecule has 0 saturated carbocycles. The minimum atomic E-state index is -4.07. The van der Waals surface area contributed by atoms with Crippen LogP contribution in [0.3, 0.4) is 0 Å². The van der Waals surface area contributed by atoms with Crippen molar-refractivity contribution in [3.8, 4) is 0 Å². The van der Waals surface area contributed by atoms with Gasteiger partial charge in [0.15, 0.2) is 0 Å². The number of anilines is 1. The maximum absolute atomic E-state index is 13.0. The van der Waals surface area contributed by atoms with Crippen molar-refractivity contribution in [1.29, 1.82) is 0 Å². The van der Waals surface area contributed by atoms with Crippen LogP contribution in [0.5, 0.6) is 0 Å². The van der Waals surface area contributed by atoms with Crippen LogP contribution in [0.15, 0.2) is 58.3 Å².